The van der Waals surface area contributed by atoms with Crippen LogP contribution in [0.3, 0.4) is 0 Å². The Morgan fingerprint density at radius 3 is 2.29 bits per heavy atom. The normalized spacial score (nSPS) is 13.9. The molecule has 9 nitrogen and oxygen atoms in total. The molecule has 0 bridgehead atoms. The summed E-state index contributed by atoms with van der Waals surface area (Å²) in [5.41, 5.74) is -6.27. The highest BCUT2D eigenvalue weighted by molar-refractivity contribution is 8.13. The van der Waals surface area contributed by atoms with E-state index in [4.69, 9.17) is 0 Å². The number of ether oxygens (including phenoxy) is 1. The third-order valence-electron chi connectivity index (χ3n) is 4.65. The monoisotopic (exact) mass is 551 g/mol. The van der Waals surface area contributed by atoms with Crippen LogP contribution >= 0.6 is 23.5 Å². The molecule has 0 unspecified atom stereocenters. The lowest BCUT2D eigenvalue weighted by molar-refractivity contribution is -0.140. The van der Waals surface area contributed by atoms with Gasteiger partial charge in [-0.1, -0.05) is 23.9 Å². The highest BCUT2D eigenvalue weighted by Gasteiger charge is 2.51. The number of thioether (sulfide) groups is 2. The van der Waals surface area contributed by atoms with Crippen LogP contribution in [0.25, 0.3) is 10.8 Å². The Kier molecular flexibility index (Phi) is 8.14. The molecule has 0 aliphatic carbocycles. The van der Waals surface area contributed by atoms with Crippen LogP contribution in [-0.4, -0.2) is 60.5 Å². The fraction of sp³-hybridized carbons (Fsp3) is 0.300. The third-order valence-corrected chi connectivity index (χ3v) is 7.57. The molecule has 3 rings (SSSR count). The van der Waals surface area contributed by atoms with Crippen molar-refractivity contribution in [3.8, 4) is 0 Å². The number of esters is 1. The molecule has 0 atom stereocenters. The Balaban J connectivity index is 1.78. The molecule has 0 radical (unpaired) electrons. The molecule has 35 heavy (non-hydrogen) atoms. The first-order valence-electron chi connectivity index (χ1n) is 9.68. The third kappa shape index (κ3) is 5.79. The van der Waals surface area contributed by atoms with Gasteiger partial charge in [0.1, 0.15) is 0 Å². The Morgan fingerprint density at radius 1 is 1.00 bits per heavy atom. The minimum atomic E-state index is -6.26. The lowest BCUT2D eigenvalue weighted by Gasteiger charge is -2.26. The van der Waals surface area contributed by atoms with Crippen molar-refractivity contribution >= 4 is 67.3 Å². The maximum absolute atomic E-state index is 12.7. The van der Waals surface area contributed by atoms with E-state index in [1.165, 1.54) is 43.1 Å². The molecular weight excluding hydrogens is 535 g/mol. The Bertz CT molecular complexity index is 1290. The van der Waals surface area contributed by atoms with E-state index >= 15 is 0 Å². The van der Waals surface area contributed by atoms with Gasteiger partial charge in [0.05, 0.1) is 24.7 Å². The number of halogens is 3. The van der Waals surface area contributed by atoms with Gasteiger partial charge in [-0.05, 0) is 23.6 Å². The summed E-state index contributed by atoms with van der Waals surface area (Å²) in [5.74, 6) is -2.53. The molecule has 2 aromatic rings. The fourth-order valence-corrected chi connectivity index (χ4v) is 5.33. The highest BCUT2D eigenvalue weighted by atomic mass is 32.2. The van der Waals surface area contributed by atoms with Crippen molar-refractivity contribution in [2.45, 2.75) is 23.2 Å². The van der Waals surface area contributed by atoms with E-state index in [1.807, 2.05) is 0 Å². The second-order valence-corrected chi connectivity index (χ2v) is 10.7. The standard InChI is InChI=1S/C20H16F3NO8S3/c1-31-15(25)7-9-34-16(26)8-10-33-14-6-5-13-17-11(14)3-2-4-12(17)18(27)24(19(13)28)32-35(29,30)20(21,22)23/h2-6H,7-10H2,1H3. The molecular formula is C20H16F3NO8S3. The van der Waals surface area contributed by atoms with Crippen LogP contribution < -0.4 is 0 Å². The number of amides is 2. The first kappa shape index (κ1) is 27.0. The van der Waals surface area contributed by atoms with Gasteiger partial charge < -0.3 is 4.74 Å². The maximum Gasteiger partial charge on any atom is 0.525 e. The van der Waals surface area contributed by atoms with Gasteiger partial charge in [0.2, 0.25) is 0 Å². The zero-order valence-electron chi connectivity index (χ0n) is 17.8. The summed E-state index contributed by atoms with van der Waals surface area (Å²) in [4.78, 5) is 49.0. The quantitative estimate of drug-likeness (QED) is 0.198. The largest absolute Gasteiger partial charge is 0.525 e. The first-order chi connectivity index (χ1) is 16.4. The molecule has 1 aliphatic heterocycles. The van der Waals surface area contributed by atoms with Crippen LogP contribution in [0.2, 0.25) is 0 Å². The molecule has 188 valence electrons. The Morgan fingerprint density at radius 2 is 1.66 bits per heavy atom. The van der Waals surface area contributed by atoms with E-state index in [2.05, 4.69) is 9.02 Å². The maximum atomic E-state index is 12.7. The van der Waals surface area contributed by atoms with Crippen molar-refractivity contribution in [3.63, 3.8) is 0 Å². The van der Waals surface area contributed by atoms with Gasteiger partial charge in [-0.2, -0.15) is 21.6 Å². The lowest BCUT2D eigenvalue weighted by atomic mass is 9.95. The molecule has 0 aromatic heterocycles. The summed E-state index contributed by atoms with van der Waals surface area (Å²) >= 11 is 2.25. The zero-order chi connectivity index (χ0) is 26.0. The number of carbonyl (C=O) groups excluding carboxylic acids is 4. The molecule has 0 saturated heterocycles. The van der Waals surface area contributed by atoms with Crippen LogP contribution in [0.15, 0.2) is 35.2 Å². The predicted octanol–water partition coefficient (Wildman–Crippen LogP) is 3.52. The predicted molar refractivity (Wildman–Crippen MR) is 120 cm³/mol. The summed E-state index contributed by atoms with van der Waals surface area (Å²) < 4.78 is 69.2. The van der Waals surface area contributed by atoms with E-state index in [0.29, 0.717) is 16.0 Å². The first-order valence-corrected chi connectivity index (χ1v) is 13.1. The summed E-state index contributed by atoms with van der Waals surface area (Å²) in [6, 6.07) is 6.95. The van der Waals surface area contributed by atoms with Crippen molar-refractivity contribution in [3.05, 3.63) is 41.5 Å². The average molecular weight is 552 g/mol. The summed E-state index contributed by atoms with van der Waals surface area (Å²) in [7, 11) is -5.00. The van der Waals surface area contributed by atoms with E-state index in [0.717, 1.165) is 11.8 Å². The Hall–Kier alpha value is -2.62. The molecule has 0 N–H and O–H groups in total. The fourth-order valence-electron chi connectivity index (χ4n) is 3.05. The number of alkyl halides is 3. The summed E-state index contributed by atoms with van der Waals surface area (Å²) in [6.45, 7) is 0. The van der Waals surface area contributed by atoms with E-state index in [1.54, 1.807) is 6.07 Å². The zero-order valence-corrected chi connectivity index (χ0v) is 20.2. The van der Waals surface area contributed by atoms with E-state index < -0.39 is 38.5 Å². The van der Waals surface area contributed by atoms with Crippen LogP contribution in [0.1, 0.15) is 33.6 Å². The van der Waals surface area contributed by atoms with Crippen LogP contribution in [0.5, 0.6) is 0 Å². The molecule has 2 aromatic carbocycles. The van der Waals surface area contributed by atoms with Gasteiger partial charge in [-0.25, -0.2) is 0 Å². The Labute approximate surface area is 205 Å². The van der Waals surface area contributed by atoms with Crippen molar-refractivity contribution in [2.24, 2.45) is 0 Å². The molecule has 15 heteroatoms. The number of hydrogen-bond acceptors (Lipinski definition) is 10. The van der Waals surface area contributed by atoms with Gasteiger partial charge in [0, 0.05) is 28.2 Å². The lowest BCUT2D eigenvalue weighted by Crippen LogP contribution is -2.44. The summed E-state index contributed by atoms with van der Waals surface area (Å²) in [6.07, 6.45) is 0.260. The molecule has 0 spiro atoms. The van der Waals surface area contributed by atoms with Crippen LogP contribution in [-0.2, 0) is 28.7 Å². The number of methoxy groups -OCH3 is 1. The topological polar surface area (TPSA) is 124 Å². The van der Waals surface area contributed by atoms with Crippen LogP contribution in [0.4, 0.5) is 13.2 Å². The molecule has 1 heterocycles. The van der Waals surface area contributed by atoms with Crippen LogP contribution in [0, 0.1) is 0 Å². The second kappa shape index (κ2) is 10.6. The minimum Gasteiger partial charge on any atom is -0.469 e. The van der Waals surface area contributed by atoms with Gasteiger partial charge in [0.25, 0.3) is 11.8 Å². The van der Waals surface area contributed by atoms with Gasteiger partial charge >= 0.3 is 21.6 Å². The van der Waals surface area contributed by atoms with Gasteiger partial charge in [-0.3, -0.25) is 19.2 Å². The number of rotatable bonds is 9. The van der Waals surface area contributed by atoms with Gasteiger partial charge in [0.15, 0.2) is 5.12 Å². The number of hydrogen-bond donors (Lipinski definition) is 0. The van der Waals surface area contributed by atoms with E-state index in [9.17, 15) is 40.8 Å². The molecule has 1 aliphatic rings. The SMILES string of the molecule is COC(=O)CCSC(=O)CCSc1ccc2c3c(cccc13)C(=O)N(OS(=O)(=O)C(F)(F)F)C2=O. The average Bonchev–Trinajstić information content (AvgIpc) is 2.79. The van der Waals surface area contributed by atoms with Crippen molar-refractivity contribution in [1.82, 2.24) is 5.06 Å². The van der Waals surface area contributed by atoms with Gasteiger partial charge in [-0.15, -0.1) is 21.1 Å². The second-order valence-electron chi connectivity index (χ2n) is 6.86. The smallest absolute Gasteiger partial charge is 0.469 e. The molecule has 0 saturated carbocycles. The van der Waals surface area contributed by atoms with Crippen molar-refractivity contribution in [1.29, 1.82) is 0 Å². The molecule has 2 amide bonds. The van der Waals surface area contributed by atoms with E-state index in [-0.39, 0.29) is 40.2 Å². The molecule has 0 fully saturated rings. The number of hydroxylamine groups is 2. The number of benzene rings is 2. The number of nitrogens with zero attached hydrogens (tertiary/aromatic N) is 1. The number of imide groups is 1. The summed E-state index contributed by atoms with van der Waals surface area (Å²) in [5, 5.41) is -0.00347. The highest BCUT2D eigenvalue weighted by Crippen LogP contribution is 2.37. The van der Waals surface area contributed by atoms with Crippen molar-refractivity contribution < 1.29 is 49.8 Å². The number of carbonyl (C=O) groups is 4. The van der Waals surface area contributed by atoms with Crippen molar-refractivity contribution in [2.75, 3.05) is 18.6 Å². The minimum absolute atomic E-state index is 0.0992.